The molecule has 0 fully saturated rings. The van der Waals surface area contributed by atoms with Gasteiger partial charge < -0.3 is 9.47 Å². The van der Waals surface area contributed by atoms with E-state index in [1.165, 1.54) is 12.3 Å². The molecule has 1 unspecified atom stereocenters. The number of carbonyl (C=O) groups is 1. The smallest absolute Gasteiger partial charge is 0.333 e. The molecule has 0 aromatic carbocycles. The molecular formula is C9H16O3S. The van der Waals surface area contributed by atoms with Crippen LogP contribution >= 0.6 is 11.8 Å². The Morgan fingerprint density at radius 1 is 1.54 bits per heavy atom. The third-order valence-electron chi connectivity index (χ3n) is 1.16. The zero-order chi connectivity index (χ0) is 10.1. The first kappa shape index (κ1) is 12.4. The molecule has 0 aliphatic heterocycles. The van der Waals surface area contributed by atoms with Gasteiger partial charge in [-0.3, -0.25) is 0 Å². The maximum absolute atomic E-state index is 10.8. The van der Waals surface area contributed by atoms with E-state index in [-0.39, 0.29) is 11.4 Å². The molecule has 0 radical (unpaired) electrons. The van der Waals surface area contributed by atoms with E-state index < -0.39 is 0 Å². The van der Waals surface area contributed by atoms with E-state index in [1.807, 2.05) is 6.92 Å². The minimum atomic E-state index is -0.365. The second-order valence-electron chi connectivity index (χ2n) is 2.21. The molecule has 3 nitrogen and oxygen atoms in total. The zero-order valence-corrected chi connectivity index (χ0v) is 9.10. The minimum absolute atomic E-state index is 0.0793. The van der Waals surface area contributed by atoms with Gasteiger partial charge in [0.1, 0.15) is 5.44 Å². The standard InChI is InChI=1S/C9H16O3S/c1-4-11-9(10)6-7-12-8(3)13-5-2/h6-8H,4-5H2,1-3H3. The maximum Gasteiger partial charge on any atom is 0.333 e. The molecule has 76 valence electrons. The van der Waals surface area contributed by atoms with Crippen LogP contribution in [0.2, 0.25) is 0 Å². The van der Waals surface area contributed by atoms with E-state index in [4.69, 9.17) is 4.74 Å². The molecule has 4 heteroatoms. The number of thioether (sulfide) groups is 1. The van der Waals surface area contributed by atoms with E-state index in [0.717, 1.165) is 5.75 Å². The van der Waals surface area contributed by atoms with Crippen molar-refractivity contribution in [3.8, 4) is 0 Å². The Balaban J connectivity index is 3.55. The summed E-state index contributed by atoms with van der Waals surface area (Å²) >= 11 is 1.67. The Morgan fingerprint density at radius 3 is 2.77 bits per heavy atom. The summed E-state index contributed by atoms with van der Waals surface area (Å²) < 4.78 is 9.85. The van der Waals surface area contributed by atoms with Crippen molar-refractivity contribution in [2.45, 2.75) is 26.2 Å². The van der Waals surface area contributed by atoms with Crippen LogP contribution in [0.15, 0.2) is 12.3 Å². The van der Waals surface area contributed by atoms with Crippen LogP contribution in [0, 0.1) is 0 Å². The Morgan fingerprint density at radius 2 is 2.23 bits per heavy atom. The normalized spacial score (nSPS) is 12.8. The highest BCUT2D eigenvalue weighted by atomic mass is 32.2. The second-order valence-corrected chi connectivity index (χ2v) is 3.79. The summed E-state index contributed by atoms with van der Waals surface area (Å²) in [6.07, 6.45) is 2.67. The number of hydrogen-bond acceptors (Lipinski definition) is 4. The third kappa shape index (κ3) is 7.71. The predicted molar refractivity (Wildman–Crippen MR) is 54.5 cm³/mol. The molecule has 0 aliphatic carbocycles. The first-order valence-electron chi connectivity index (χ1n) is 4.31. The number of rotatable bonds is 6. The molecule has 0 aliphatic rings. The molecule has 0 saturated heterocycles. The van der Waals surface area contributed by atoms with Crippen molar-refractivity contribution in [3.63, 3.8) is 0 Å². The molecule has 13 heavy (non-hydrogen) atoms. The lowest BCUT2D eigenvalue weighted by Crippen LogP contribution is -2.01. The molecule has 0 heterocycles. The van der Waals surface area contributed by atoms with Gasteiger partial charge in [-0.1, -0.05) is 6.92 Å². The Hall–Kier alpha value is -0.640. The van der Waals surface area contributed by atoms with Crippen LogP contribution in [0.3, 0.4) is 0 Å². The van der Waals surface area contributed by atoms with Crippen molar-refractivity contribution in [1.29, 1.82) is 0 Å². The molecule has 0 bridgehead atoms. The average molecular weight is 204 g/mol. The van der Waals surface area contributed by atoms with Crippen LogP contribution < -0.4 is 0 Å². The van der Waals surface area contributed by atoms with Crippen molar-refractivity contribution in [1.82, 2.24) is 0 Å². The lowest BCUT2D eigenvalue weighted by atomic mass is 10.6. The Kier molecular flexibility index (Phi) is 7.59. The van der Waals surface area contributed by atoms with Gasteiger partial charge in [-0.2, -0.15) is 0 Å². The lowest BCUT2D eigenvalue weighted by Gasteiger charge is -2.08. The first-order valence-corrected chi connectivity index (χ1v) is 5.36. The van der Waals surface area contributed by atoms with Crippen LogP contribution in [0.4, 0.5) is 0 Å². The van der Waals surface area contributed by atoms with Gasteiger partial charge in [0, 0.05) is 0 Å². The molecule has 1 atom stereocenters. The number of ether oxygens (including phenoxy) is 2. The van der Waals surface area contributed by atoms with E-state index in [9.17, 15) is 4.79 Å². The van der Waals surface area contributed by atoms with Gasteiger partial charge in [0.25, 0.3) is 0 Å². The molecule has 0 aromatic heterocycles. The molecular weight excluding hydrogens is 188 g/mol. The summed E-state index contributed by atoms with van der Waals surface area (Å²) in [5.74, 6) is 0.630. The highest BCUT2D eigenvalue weighted by Gasteiger charge is 1.98. The SMILES string of the molecule is CCOC(=O)C=COC(C)SCC. The zero-order valence-electron chi connectivity index (χ0n) is 8.28. The van der Waals surface area contributed by atoms with Crippen molar-refractivity contribution in [3.05, 3.63) is 12.3 Å². The summed E-state index contributed by atoms with van der Waals surface area (Å²) in [7, 11) is 0. The largest absolute Gasteiger partial charge is 0.487 e. The summed E-state index contributed by atoms with van der Waals surface area (Å²) in [6.45, 7) is 6.15. The van der Waals surface area contributed by atoms with Gasteiger partial charge in [0.2, 0.25) is 0 Å². The highest BCUT2D eigenvalue weighted by Crippen LogP contribution is 2.10. The van der Waals surface area contributed by atoms with E-state index >= 15 is 0 Å². The van der Waals surface area contributed by atoms with Gasteiger partial charge in [-0.05, 0) is 19.6 Å². The van der Waals surface area contributed by atoms with Crippen molar-refractivity contribution in [2.75, 3.05) is 12.4 Å². The maximum atomic E-state index is 10.8. The summed E-state index contributed by atoms with van der Waals surface area (Å²) in [6, 6.07) is 0. The quantitative estimate of drug-likeness (QED) is 0.287. The van der Waals surface area contributed by atoms with Crippen LogP contribution in [-0.2, 0) is 14.3 Å². The van der Waals surface area contributed by atoms with Gasteiger partial charge in [0.15, 0.2) is 0 Å². The van der Waals surface area contributed by atoms with Gasteiger partial charge in [-0.15, -0.1) is 11.8 Å². The number of esters is 1. The molecule has 0 rings (SSSR count). The first-order chi connectivity index (χ1) is 6.20. The van der Waals surface area contributed by atoms with Crippen LogP contribution in [0.5, 0.6) is 0 Å². The highest BCUT2D eigenvalue weighted by molar-refractivity contribution is 7.99. The van der Waals surface area contributed by atoms with Crippen molar-refractivity contribution >= 4 is 17.7 Å². The van der Waals surface area contributed by atoms with Crippen molar-refractivity contribution in [2.24, 2.45) is 0 Å². The molecule has 0 amide bonds. The number of carbonyl (C=O) groups excluding carboxylic acids is 1. The summed E-state index contributed by atoms with van der Waals surface area (Å²) in [5, 5.41) is 0. The fourth-order valence-electron chi connectivity index (χ4n) is 0.670. The summed E-state index contributed by atoms with van der Waals surface area (Å²) in [5.41, 5.74) is 0.0793. The number of hydrogen-bond donors (Lipinski definition) is 0. The fraction of sp³-hybridized carbons (Fsp3) is 0.667. The average Bonchev–Trinajstić information content (AvgIpc) is 2.05. The topological polar surface area (TPSA) is 35.5 Å². The van der Waals surface area contributed by atoms with E-state index in [1.54, 1.807) is 18.7 Å². The molecule has 0 N–H and O–H groups in total. The van der Waals surface area contributed by atoms with Gasteiger partial charge in [-0.25, -0.2) is 4.79 Å². The van der Waals surface area contributed by atoms with Gasteiger partial charge in [0.05, 0.1) is 18.9 Å². The van der Waals surface area contributed by atoms with E-state index in [0.29, 0.717) is 6.61 Å². The van der Waals surface area contributed by atoms with E-state index in [2.05, 4.69) is 11.7 Å². The second kappa shape index (κ2) is 7.98. The fourth-order valence-corrected chi connectivity index (χ4v) is 1.28. The third-order valence-corrected chi connectivity index (χ3v) is 2.08. The molecule has 0 aromatic rings. The van der Waals surface area contributed by atoms with Crippen LogP contribution in [-0.4, -0.2) is 23.8 Å². The van der Waals surface area contributed by atoms with Gasteiger partial charge >= 0.3 is 5.97 Å². The Labute approximate surface area is 83.5 Å². The molecule has 0 spiro atoms. The Bertz CT molecular complexity index is 168. The van der Waals surface area contributed by atoms with Crippen LogP contribution in [0.1, 0.15) is 20.8 Å². The molecule has 0 saturated carbocycles. The minimum Gasteiger partial charge on any atom is -0.487 e. The predicted octanol–water partition coefficient (Wildman–Crippen LogP) is 2.18. The van der Waals surface area contributed by atoms with Crippen molar-refractivity contribution < 1.29 is 14.3 Å². The monoisotopic (exact) mass is 204 g/mol. The summed E-state index contributed by atoms with van der Waals surface area (Å²) in [4.78, 5) is 10.8. The van der Waals surface area contributed by atoms with Crippen LogP contribution in [0.25, 0.3) is 0 Å². The lowest BCUT2D eigenvalue weighted by molar-refractivity contribution is -0.137.